The van der Waals surface area contributed by atoms with E-state index in [2.05, 4.69) is 5.32 Å². The van der Waals surface area contributed by atoms with Crippen molar-refractivity contribution in [3.63, 3.8) is 0 Å². The first kappa shape index (κ1) is 18.0. The van der Waals surface area contributed by atoms with Crippen molar-refractivity contribution in [1.82, 2.24) is 0 Å². The Morgan fingerprint density at radius 2 is 1.92 bits per heavy atom. The molecule has 0 aliphatic rings. The Balaban J connectivity index is 1.76. The summed E-state index contributed by atoms with van der Waals surface area (Å²) in [6, 6.07) is 13.5. The molecule has 1 aromatic heterocycles. The molecule has 134 valence electrons. The highest BCUT2D eigenvalue weighted by atomic mass is 35.5. The zero-order chi connectivity index (χ0) is 18.7. The van der Waals surface area contributed by atoms with Crippen LogP contribution in [-0.2, 0) is 11.2 Å². The van der Waals surface area contributed by atoms with Gasteiger partial charge in [-0.05, 0) is 55.3 Å². The van der Waals surface area contributed by atoms with Gasteiger partial charge in [0.1, 0.15) is 11.3 Å². The molecule has 3 rings (SSSR count). The number of fused-ring (bicyclic) bond motifs is 1. The molecule has 1 heterocycles. The minimum atomic E-state index is -0.732. The number of halogens is 1. The topological polar surface area (TPSA) is 68.5 Å². The summed E-state index contributed by atoms with van der Waals surface area (Å²) in [5.41, 5.74) is 1.58. The van der Waals surface area contributed by atoms with Crippen molar-refractivity contribution >= 4 is 34.2 Å². The second-order valence-electron chi connectivity index (χ2n) is 5.86. The lowest BCUT2D eigenvalue weighted by Gasteiger charge is -2.15. The maximum atomic E-state index is 12.3. The quantitative estimate of drug-likeness (QED) is 0.674. The highest BCUT2D eigenvalue weighted by Gasteiger charge is 2.16. The second kappa shape index (κ2) is 7.62. The molecule has 0 saturated carbocycles. The van der Waals surface area contributed by atoms with E-state index in [-0.39, 0.29) is 5.91 Å². The highest BCUT2D eigenvalue weighted by Crippen LogP contribution is 2.24. The zero-order valence-corrected chi connectivity index (χ0v) is 15.2. The fraction of sp³-hybridized carbons (Fsp3) is 0.200. The SMILES string of the molecule is CCc1cc(=O)oc2cc(OC(C)C(=O)Nc3ccc(Cl)cc3)ccc12. The van der Waals surface area contributed by atoms with Crippen molar-refractivity contribution in [3.05, 3.63) is 69.5 Å². The Labute approximate surface area is 155 Å². The molecule has 26 heavy (non-hydrogen) atoms. The third-order valence-electron chi connectivity index (χ3n) is 3.98. The average molecular weight is 372 g/mol. The summed E-state index contributed by atoms with van der Waals surface area (Å²) in [7, 11) is 0. The standard InChI is InChI=1S/C20H18ClNO4/c1-3-13-10-19(23)26-18-11-16(8-9-17(13)18)25-12(2)20(24)22-15-6-4-14(21)5-7-15/h4-12H,3H2,1-2H3,(H,22,24). The summed E-state index contributed by atoms with van der Waals surface area (Å²) >= 11 is 5.83. The molecule has 6 heteroatoms. The molecule has 0 aliphatic heterocycles. The minimum absolute atomic E-state index is 0.295. The van der Waals surface area contributed by atoms with E-state index in [9.17, 15) is 9.59 Å². The number of hydrogen-bond acceptors (Lipinski definition) is 4. The number of nitrogens with one attached hydrogen (secondary N) is 1. The van der Waals surface area contributed by atoms with Crippen LogP contribution in [0.25, 0.3) is 11.0 Å². The van der Waals surface area contributed by atoms with Crippen LogP contribution in [0.15, 0.2) is 57.7 Å². The Morgan fingerprint density at radius 3 is 2.62 bits per heavy atom. The van der Waals surface area contributed by atoms with Gasteiger partial charge >= 0.3 is 5.63 Å². The van der Waals surface area contributed by atoms with Crippen LogP contribution in [0, 0.1) is 0 Å². The molecule has 0 saturated heterocycles. The first-order valence-electron chi connectivity index (χ1n) is 8.26. The monoisotopic (exact) mass is 371 g/mol. The van der Waals surface area contributed by atoms with Crippen molar-refractivity contribution in [2.75, 3.05) is 5.32 Å². The zero-order valence-electron chi connectivity index (χ0n) is 14.4. The lowest BCUT2D eigenvalue weighted by Crippen LogP contribution is -2.30. The van der Waals surface area contributed by atoms with Crippen LogP contribution in [0.5, 0.6) is 5.75 Å². The number of aryl methyl sites for hydroxylation is 1. The van der Waals surface area contributed by atoms with E-state index in [0.29, 0.717) is 22.0 Å². The fourth-order valence-electron chi connectivity index (χ4n) is 2.61. The number of rotatable bonds is 5. The number of hydrogen-bond donors (Lipinski definition) is 1. The first-order valence-corrected chi connectivity index (χ1v) is 8.64. The number of anilines is 1. The van der Waals surface area contributed by atoms with Crippen LogP contribution in [0.1, 0.15) is 19.4 Å². The van der Waals surface area contributed by atoms with E-state index < -0.39 is 11.7 Å². The molecule has 3 aromatic rings. The molecule has 0 bridgehead atoms. The lowest BCUT2D eigenvalue weighted by atomic mass is 10.1. The molecule has 0 aliphatic carbocycles. The van der Waals surface area contributed by atoms with Gasteiger partial charge in [0.25, 0.3) is 5.91 Å². The molecule has 1 unspecified atom stereocenters. The molecule has 0 radical (unpaired) electrons. The van der Waals surface area contributed by atoms with Gasteiger partial charge in [0.2, 0.25) is 0 Å². The third kappa shape index (κ3) is 4.06. The van der Waals surface area contributed by atoms with Gasteiger partial charge in [-0.3, -0.25) is 4.79 Å². The van der Waals surface area contributed by atoms with E-state index >= 15 is 0 Å². The summed E-state index contributed by atoms with van der Waals surface area (Å²) in [4.78, 5) is 23.9. The van der Waals surface area contributed by atoms with Gasteiger partial charge in [0.05, 0.1) is 0 Å². The van der Waals surface area contributed by atoms with Crippen LogP contribution in [0.2, 0.25) is 5.02 Å². The predicted molar refractivity (Wildman–Crippen MR) is 102 cm³/mol. The molecule has 5 nitrogen and oxygen atoms in total. The van der Waals surface area contributed by atoms with E-state index in [0.717, 1.165) is 17.4 Å². The van der Waals surface area contributed by atoms with E-state index in [4.69, 9.17) is 20.8 Å². The molecule has 2 aromatic carbocycles. The smallest absolute Gasteiger partial charge is 0.336 e. The van der Waals surface area contributed by atoms with Gasteiger partial charge in [-0.15, -0.1) is 0 Å². The number of carbonyl (C=O) groups excluding carboxylic acids is 1. The Kier molecular flexibility index (Phi) is 5.28. The van der Waals surface area contributed by atoms with Crippen molar-refractivity contribution < 1.29 is 13.9 Å². The van der Waals surface area contributed by atoms with E-state index in [1.807, 2.05) is 13.0 Å². The van der Waals surface area contributed by atoms with Crippen LogP contribution < -0.4 is 15.7 Å². The van der Waals surface area contributed by atoms with E-state index in [1.54, 1.807) is 43.3 Å². The average Bonchev–Trinajstić information content (AvgIpc) is 2.62. The van der Waals surface area contributed by atoms with Crippen LogP contribution in [0.4, 0.5) is 5.69 Å². The van der Waals surface area contributed by atoms with Gasteiger partial charge in [-0.1, -0.05) is 18.5 Å². The van der Waals surface area contributed by atoms with Gasteiger partial charge in [0.15, 0.2) is 6.10 Å². The Bertz CT molecular complexity index is 995. The number of carbonyl (C=O) groups is 1. The van der Waals surface area contributed by atoms with Crippen molar-refractivity contribution in [2.45, 2.75) is 26.4 Å². The maximum Gasteiger partial charge on any atom is 0.336 e. The number of benzene rings is 2. The summed E-state index contributed by atoms with van der Waals surface area (Å²) in [6.45, 7) is 3.62. The molecule has 1 N–H and O–H groups in total. The molecule has 1 amide bonds. The van der Waals surface area contributed by atoms with E-state index in [1.165, 1.54) is 6.07 Å². The summed E-state index contributed by atoms with van der Waals surface area (Å²) in [5.74, 6) is 0.156. The summed E-state index contributed by atoms with van der Waals surface area (Å²) < 4.78 is 10.9. The second-order valence-corrected chi connectivity index (χ2v) is 6.29. The lowest BCUT2D eigenvalue weighted by molar-refractivity contribution is -0.122. The maximum absolute atomic E-state index is 12.3. The summed E-state index contributed by atoms with van der Waals surface area (Å²) in [5, 5.41) is 4.21. The fourth-order valence-corrected chi connectivity index (χ4v) is 2.74. The molecule has 1 atom stereocenters. The molecular formula is C20H18ClNO4. The van der Waals surface area contributed by atoms with Crippen molar-refractivity contribution in [1.29, 1.82) is 0 Å². The van der Waals surface area contributed by atoms with Gasteiger partial charge < -0.3 is 14.5 Å². The normalized spacial score (nSPS) is 12.0. The largest absolute Gasteiger partial charge is 0.481 e. The van der Waals surface area contributed by atoms with Crippen LogP contribution in [0.3, 0.4) is 0 Å². The Hall–Kier alpha value is -2.79. The molecule has 0 fully saturated rings. The van der Waals surface area contributed by atoms with Crippen LogP contribution >= 0.6 is 11.6 Å². The van der Waals surface area contributed by atoms with Crippen molar-refractivity contribution in [2.24, 2.45) is 0 Å². The predicted octanol–water partition coefficient (Wildman–Crippen LogP) is 4.41. The summed E-state index contributed by atoms with van der Waals surface area (Å²) in [6.07, 6.45) is -0.00781. The number of ether oxygens (including phenoxy) is 1. The van der Waals surface area contributed by atoms with Gasteiger partial charge in [0, 0.05) is 28.2 Å². The van der Waals surface area contributed by atoms with Gasteiger partial charge in [-0.2, -0.15) is 0 Å². The van der Waals surface area contributed by atoms with Crippen LogP contribution in [-0.4, -0.2) is 12.0 Å². The molecule has 0 spiro atoms. The third-order valence-corrected chi connectivity index (χ3v) is 4.23. The first-order chi connectivity index (χ1) is 12.5. The number of amides is 1. The van der Waals surface area contributed by atoms with Gasteiger partial charge in [-0.25, -0.2) is 4.79 Å². The molecular weight excluding hydrogens is 354 g/mol. The Morgan fingerprint density at radius 1 is 1.19 bits per heavy atom. The van der Waals surface area contributed by atoms with Crippen molar-refractivity contribution in [3.8, 4) is 5.75 Å². The minimum Gasteiger partial charge on any atom is -0.481 e. The highest BCUT2D eigenvalue weighted by molar-refractivity contribution is 6.30.